The molecule has 1 aliphatic rings. The first-order valence-electron chi connectivity index (χ1n) is 12.8. The van der Waals surface area contributed by atoms with Gasteiger partial charge in [-0.1, -0.05) is 66.7 Å². The van der Waals surface area contributed by atoms with Gasteiger partial charge in [-0.25, -0.2) is 4.39 Å². The molecule has 1 amide bonds. The topological polar surface area (TPSA) is 73.7 Å². The molecule has 1 aliphatic carbocycles. The largest absolute Gasteiger partial charge is 0.390 e. The maximum atomic E-state index is 13.4. The molecule has 5 nitrogen and oxygen atoms in total. The molecular weight excluding hydrogens is 477 g/mol. The van der Waals surface area contributed by atoms with Crippen LogP contribution in [0.1, 0.15) is 40.0 Å². The Bertz CT molecular complexity index is 1450. The van der Waals surface area contributed by atoms with E-state index >= 15 is 0 Å². The van der Waals surface area contributed by atoms with Crippen molar-refractivity contribution >= 4 is 17.4 Å². The summed E-state index contributed by atoms with van der Waals surface area (Å²) in [5.41, 5.74) is 6.15. The van der Waals surface area contributed by atoms with E-state index in [9.17, 15) is 14.3 Å². The van der Waals surface area contributed by atoms with E-state index < -0.39 is 12.1 Å². The van der Waals surface area contributed by atoms with Gasteiger partial charge >= 0.3 is 0 Å². The zero-order chi connectivity index (χ0) is 26.5. The van der Waals surface area contributed by atoms with E-state index in [1.165, 1.54) is 12.1 Å². The Morgan fingerprint density at radius 3 is 2.50 bits per heavy atom. The van der Waals surface area contributed by atoms with E-state index in [1.807, 2.05) is 79.7 Å². The number of amidine groups is 1. The number of aliphatic hydroxyl groups is 1. The van der Waals surface area contributed by atoms with Crippen LogP contribution in [-0.4, -0.2) is 29.5 Å². The highest BCUT2D eigenvalue weighted by Crippen LogP contribution is 2.34. The molecule has 0 saturated carbocycles. The molecule has 0 aromatic heterocycles. The van der Waals surface area contributed by atoms with Gasteiger partial charge in [0, 0.05) is 24.2 Å². The SMILES string of the molecule is CC(=NCCc1ccc(F)cc1)Nc1ccc2c(c1)C(NC(=O)c1ccccc1-c1ccccc1)C(O)C2. The molecule has 5 rings (SSSR count). The molecule has 6 heteroatoms. The predicted octanol–water partition coefficient (Wildman–Crippen LogP) is 5.95. The van der Waals surface area contributed by atoms with E-state index in [4.69, 9.17) is 0 Å². The summed E-state index contributed by atoms with van der Waals surface area (Å²) >= 11 is 0. The number of hydrogen-bond acceptors (Lipinski definition) is 3. The summed E-state index contributed by atoms with van der Waals surface area (Å²) in [5, 5.41) is 17.2. The normalized spacial score (nSPS) is 16.7. The maximum Gasteiger partial charge on any atom is 0.252 e. The number of aliphatic imine (C=N–C) groups is 1. The number of nitrogens with one attached hydrogen (secondary N) is 2. The Kier molecular flexibility index (Phi) is 7.61. The molecule has 0 saturated heterocycles. The van der Waals surface area contributed by atoms with Crippen molar-refractivity contribution in [1.82, 2.24) is 5.32 Å². The van der Waals surface area contributed by atoms with Crippen molar-refractivity contribution in [3.63, 3.8) is 0 Å². The summed E-state index contributed by atoms with van der Waals surface area (Å²) in [4.78, 5) is 18.0. The van der Waals surface area contributed by atoms with Crippen LogP contribution >= 0.6 is 0 Å². The lowest BCUT2D eigenvalue weighted by atomic mass is 9.98. The fourth-order valence-corrected chi connectivity index (χ4v) is 4.89. The molecule has 2 unspecified atom stereocenters. The molecule has 4 aromatic carbocycles. The molecule has 0 bridgehead atoms. The number of halogens is 1. The van der Waals surface area contributed by atoms with Crippen molar-refractivity contribution in [3.8, 4) is 11.1 Å². The van der Waals surface area contributed by atoms with Gasteiger partial charge in [0.2, 0.25) is 0 Å². The average Bonchev–Trinajstić information content (AvgIpc) is 3.24. The van der Waals surface area contributed by atoms with E-state index in [2.05, 4.69) is 15.6 Å². The number of fused-ring (bicyclic) bond motifs is 1. The third kappa shape index (κ3) is 5.82. The molecule has 3 N–H and O–H groups in total. The third-order valence-corrected chi connectivity index (χ3v) is 6.83. The summed E-state index contributed by atoms with van der Waals surface area (Å²) in [6.07, 6.45) is 0.485. The van der Waals surface area contributed by atoms with Gasteiger partial charge in [0.05, 0.1) is 18.0 Å². The molecule has 192 valence electrons. The lowest BCUT2D eigenvalue weighted by Crippen LogP contribution is -2.34. The highest BCUT2D eigenvalue weighted by molar-refractivity contribution is 6.01. The van der Waals surface area contributed by atoms with E-state index in [0.29, 0.717) is 24.9 Å². The standard InChI is InChI=1S/C32H30FN3O2/c1-21(34-18-17-22-11-14-25(33)15-12-22)35-26-16-13-24-19-30(37)31(29(24)20-26)36-32(38)28-10-6-5-9-27(28)23-7-3-2-4-8-23/h2-16,20,30-31,37H,17-19H2,1H3,(H,34,35)(H,36,38). The molecule has 0 spiro atoms. The first kappa shape index (κ1) is 25.4. The number of anilines is 1. The Morgan fingerprint density at radius 1 is 0.974 bits per heavy atom. The van der Waals surface area contributed by atoms with Crippen LogP contribution in [0.3, 0.4) is 0 Å². The van der Waals surface area contributed by atoms with Crippen LogP contribution in [0, 0.1) is 5.82 Å². The zero-order valence-electron chi connectivity index (χ0n) is 21.2. The fourth-order valence-electron chi connectivity index (χ4n) is 4.89. The summed E-state index contributed by atoms with van der Waals surface area (Å²) in [7, 11) is 0. The van der Waals surface area contributed by atoms with Crippen molar-refractivity contribution in [2.24, 2.45) is 4.99 Å². The Morgan fingerprint density at radius 2 is 1.71 bits per heavy atom. The Hall–Kier alpha value is -4.29. The smallest absolute Gasteiger partial charge is 0.252 e. The number of aliphatic hydroxyl groups excluding tert-OH is 1. The molecule has 0 heterocycles. The first-order valence-corrected chi connectivity index (χ1v) is 12.8. The number of amides is 1. The van der Waals surface area contributed by atoms with Crippen molar-refractivity contribution in [2.45, 2.75) is 31.9 Å². The molecule has 0 radical (unpaired) electrons. The Balaban J connectivity index is 1.29. The van der Waals surface area contributed by atoms with Gasteiger partial charge in [-0.05, 0) is 71.5 Å². The summed E-state index contributed by atoms with van der Waals surface area (Å²) < 4.78 is 13.1. The minimum Gasteiger partial charge on any atom is -0.390 e. The third-order valence-electron chi connectivity index (χ3n) is 6.83. The minimum absolute atomic E-state index is 0.224. The van der Waals surface area contributed by atoms with Crippen LogP contribution in [-0.2, 0) is 12.8 Å². The van der Waals surface area contributed by atoms with E-state index in [0.717, 1.165) is 39.3 Å². The van der Waals surface area contributed by atoms with Crippen LogP contribution in [0.2, 0.25) is 0 Å². The van der Waals surface area contributed by atoms with Crippen molar-refractivity contribution in [1.29, 1.82) is 0 Å². The van der Waals surface area contributed by atoms with Gasteiger partial charge in [0.1, 0.15) is 5.82 Å². The average molecular weight is 508 g/mol. The van der Waals surface area contributed by atoms with Gasteiger partial charge in [0.15, 0.2) is 0 Å². The number of benzene rings is 4. The highest BCUT2D eigenvalue weighted by atomic mass is 19.1. The molecular formula is C32H30FN3O2. The van der Waals surface area contributed by atoms with Crippen molar-refractivity contribution in [2.75, 3.05) is 11.9 Å². The Labute approximate surface area is 222 Å². The monoisotopic (exact) mass is 507 g/mol. The summed E-state index contributed by atoms with van der Waals surface area (Å²) in [6.45, 7) is 2.47. The van der Waals surface area contributed by atoms with Crippen LogP contribution in [0.15, 0.2) is 102 Å². The van der Waals surface area contributed by atoms with Crippen molar-refractivity contribution < 1.29 is 14.3 Å². The van der Waals surface area contributed by atoms with Crippen LogP contribution in [0.25, 0.3) is 11.1 Å². The lowest BCUT2D eigenvalue weighted by Gasteiger charge is -2.20. The van der Waals surface area contributed by atoms with E-state index in [1.54, 1.807) is 12.1 Å². The molecule has 0 fully saturated rings. The zero-order valence-corrected chi connectivity index (χ0v) is 21.2. The molecule has 38 heavy (non-hydrogen) atoms. The van der Waals surface area contributed by atoms with Crippen LogP contribution in [0.5, 0.6) is 0 Å². The molecule has 4 aromatic rings. The predicted molar refractivity (Wildman–Crippen MR) is 150 cm³/mol. The quantitative estimate of drug-likeness (QED) is 0.214. The van der Waals surface area contributed by atoms with Gasteiger partial charge in [-0.2, -0.15) is 0 Å². The number of nitrogens with zero attached hydrogens (tertiary/aromatic N) is 1. The van der Waals surface area contributed by atoms with Gasteiger partial charge in [-0.15, -0.1) is 0 Å². The number of carbonyl (C=O) groups excluding carboxylic acids is 1. The molecule has 2 atom stereocenters. The molecule has 0 aliphatic heterocycles. The van der Waals surface area contributed by atoms with Crippen LogP contribution < -0.4 is 10.6 Å². The van der Waals surface area contributed by atoms with E-state index in [-0.39, 0.29) is 11.7 Å². The first-order chi connectivity index (χ1) is 18.5. The van der Waals surface area contributed by atoms with Crippen molar-refractivity contribution in [3.05, 3.63) is 125 Å². The second kappa shape index (κ2) is 11.4. The maximum absolute atomic E-state index is 13.4. The summed E-state index contributed by atoms with van der Waals surface area (Å²) in [5.74, 6) is 0.285. The lowest BCUT2D eigenvalue weighted by molar-refractivity contribution is 0.0859. The van der Waals surface area contributed by atoms with Gasteiger partial charge in [-0.3, -0.25) is 9.79 Å². The van der Waals surface area contributed by atoms with Gasteiger partial charge < -0.3 is 15.7 Å². The fraction of sp³-hybridized carbons (Fsp3) is 0.188. The minimum atomic E-state index is -0.710. The number of rotatable bonds is 7. The van der Waals surface area contributed by atoms with Gasteiger partial charge in [0.25, 0.3) is 5.91 Å². The highest BCUT2D eigenvalue weighted by Gasteiger charge is 2.33. The number of carbonyl (C=O) groups is 1. The second-order valence-corrected chi connectivity index (χ2v) is 9.52. The number of hydrogen-bond donors (Lipinski definition) is 3. The second-order valence-electron chi connectivity index (χ2n) is 9.52. The van der Waals surface area contributed by atoms with Crippen LogP contribution in [0.4, 0.5) is 10.1 Å². The summed E-state index contributed by atoms with van der Waals surface area (Å²) in [6, 6.07) is 29.2.